The van der Waals surface area contributed by atoms with E-state index in [2.05, 4.69) is 5.32 Å². The van der Waals surface area contributed by atoms with Crippen LogP contribution in [-0.2, 0) is 14.8 Å². The summed E-state index contributed by atoms with van der Waals surface area (Å²) in [5.41, 5.74) is 3.70. The maximum absolute atomic E-state index is 13.1. The third-order valence-electron chi connectivity index (χ3n) is 5.03. The van der Waals surface area contributed by atoms with Crippen LogP contribution in [-0.4, -0.2) is 33.7 Å². The molecule has 2 aromatic carbocycles. The van der Waals surface area contributed by atoms with Gasteiger partial charge in [-0.05, 0) is 56.0 Å². The van der Waals surface area contributed by atoms with Crippen molar-refractivity contribution in [2.24, 2.45) is 0 Å². The number of nitrogens with zero attached hydrogens (tertiary/aromatic N) is 1. The Kier molecular flexibility index (Phi) is 7.30. The van der Waals surface area contributed by atoms with Gasteiger partial charge in [-0.1, -0.05) is 31.2 Å². The van der Waals surface area contributed by atoms with Crippen molar-refractivity contribution in [3.05, 3.63) is 59.2 Å². The molecule has 0 spiro atoms. The van der Waals surface area contributed by atoms with E-state index in [9.17, 15) is 13.2 Å². The lowest BCUT2D eigenvalue weighted by Gasteiger charge is -2.31. The molecule has 158 valence electrons. The molecule has 6 nitrogen and oxygen atoms in total. The summed E-state index contributed by atoms with van der Waals surface area (Å²) in [6, 6.07) is 11.6. The first-order chi connectivity index (χ1) is 13.6. The van der Waals surface area contributed by atoms with Crippen molar-refractivity contribution in [1.29, 1.82) is 0 Å². The number of carbonyl (C=O) groups is 1. The molecule has 2 atom stereocenters. The second-order valence-electron chi connectivity index (χ2n) is 7.26. The Hall–Kier alpha value is -2.54. The number of rotatable bonds is 8. The molecule has 2 rings (SSSR count). The summed E-state index contributed by atoms with van der Waals surface area (Å²) in [7, 11) is -2.18. The minimum Gasteiger partial charge on any atom is -0.497 e. The first kappa shape index (κ1) is 22.7. The summed E-state index contributed by atoms with van der Waals surface area (Å²) in [6.07, 6.45) is 1.44. The fourth-order valence-electron chi connectivity index (χ4n) is 3.23. The zero-order valence-corrected chi connectivity index (χ0v) is 18.7. The summed E-state index contributed by atoms with van der Waals surface area (Å²) >= 11 is 0. The van der Waals surface area contributed by atoms with Crippen LogP contribution in [0.15, 0.2) is 42.5 Å². The highest BCUT2D eigenvalue weighted by molar-refractivity contribution is 7.92. The highest BCUT2D eigenvalue weighted by Crippen LogP contribution is 2.27. The van der Waals surface area contributed by atoms with Crippen LogP contribution in [0.25, 0.3) is 0 Å². The van der Waals surface area contributed by atoms with E-state index in [-0.39, 0.29) is 11.9 Å². The van der Waals surface area contributed by atoms with Gasteiger partial charge >= 0.3 is 0 Å². The molecule has 29 heavy (non-hydrogen) atoms. The summed E-state index contributed by atoms with van der Waals surface area (Å²) in [5.74, 6) is 0.182. The molecule has 0 fully saturated rings. The first-order valence-electron chi connectivity index (χ1n) is 9.59. The van der Waals surface area contributed by atoms with Crippen molar-refractivity contribution in [2.45, 2.75) is 46.2 Å². The zero-order chi connectivity index (χ0) is 21.8. The minimum absolute atomic E-state index is 0.248. The van der Waals surface area contributed by atoms with E-state index in [0.717, 1.165) is 21.7 Å². The number of amides is 1. The number of methoxy groups -OCH3 is 1. The fourth-order valence-corrected chi connectivity index (χ4v) is 4.44. The zero-order valence-electron chi connectivity index (χ0n) is 17.9. The summed E-state index contributed by atoms with van der Waals surface area (Å²) in [4.78, 5) is 13.1. The molecule has 0 aliphatic heterocycles. The molecular formula is C22H30N2O4S. The predicted molar refractivity (Wildman–Crippen MR) is 117 cm³/mol. The molecule has 7 heteroatoms. The summed E-state index contributed by atoms with van der Waals surface area (Å²) < 4.78 is 31.5. The van der Waals surface area contributed by atoms with Gasteiger partial charge in [-0.3, -0.25) is 9.10 Å². The Balaban J connectivity index is 2.33. The molecule has 0 radical (unpaired) electrons. The number of ether oxygens (including phenoxy) is 1. The lowest BCUT2D eigenvalue weighted by molar-refractivity contribution is -0.122. The van der Waals surface area contributed by atoms with Gasteiger partial charge in [0.25, 0.3) is 0 Å². The smallest absolute Gasteiger partial charge is 0.244 e. The number of nitrogens with one attached hydrogen (secondary N) is 1. The van der Waals surface area contributed by atoms with Crippen LogP contribution in [0.5, 0.6) is 5.75 Å². The molecule has 1 N–H and O–H groups in total. The van der Waals surface area contributed by atoms with Crippen molar-refractivity contribution in [2.75, 3.05) is 17.7 Å². The van der Waals surface area contributed by atoms with Crippen molar-refractivity contribution in [1.82, 2.24) is 5.32 Å². The quantitative estimate of drug-likeness (QED) is 0.709. The van der Waals surface area contributed by atoms with Gasteiger partial charge < -0.3 is 10.1 Å². The Bertz CT molecular complexity index is 973. The molecule has 0 aromatic heterocycles. The minimum atomic E-state index is -3.70. The first-order valence-corrected chi connectivity index (χ1v) is 11.4. The highest BCUT2D eigenvalue weighted by atomic mass is 32.2. The van der Waals surface area contributed by atoms with Gasteiger partial charge in [-0.2, -0.15) is 0 Å². The topological polar surface area (TPSA) is 75.7 Å². The van der Waals surface area contributed by atoms with Crippen LogP contribution in [0.2, 0.25) is 0 Å². The lowest BCUT2D eigenvalue weighted by atomic mass is 10.0. The lowest BCUT2D eigenvalue weighted by Crippen LogP contribution is -2.49. The van der Waals surface area contributed by atoms with Crippen LogP contribution in [0.4, 0.5) is 5.69 Å². The van der Waals surface area contributed by atoms with Gasteiger partial charge in [0.15, 0.2) is 0 Å². The highest BCUT2D eigenvalue weighted by Gasteiger charge is 2.32. The van der Waals surface area contributed by atoms with Crippen molar-refractivity contribution in [3.63, 3.8) is 0 Å². The van der Waals surface area contributed by atoms with Crippen molar-refractivity contribution >= 4 is 21.6 Å². The monoisotopic (exact) mass is 418 g/mol. The number of carbonyl (C=O) groups excluding carboxylic acids is 1. The molecule has 0 unspecified atom stereocenters. The van der Waals surface area contributed by atoms with Crippen LogP contribution in [0, 0.1) is 13.8 Å². The Labute approximate surface area is 173 Å². The van der Waals surface area contributed by atoms with E-state index < -0.39 is 16.1 Å². The molecule has 0 saturated carbocycles. The predicted octanol–water partition coefficient (Wildman–Crippen LogP) is 3.73. The Morgan fingerprint density at radius 1 is 1.14 bits per heavy atom. The van der Waals surface area contributed by atoms with Crippen LogP contribution in [0.3, 0.4) is 0 Å². The number of hydrogen-bond donors (Lipinski definition) is 1. The van der Waals surface area contributed by atoms with Gasteiger partial charge in [-0.25, -0.2) is 8.42 Å². The van der Waals surface area contributed by atoms with Gasteiger partial charge in [0.1, 0.15) is 11.8 Å². The van der Waals surface area contributed by atoms with Gasteiger partial charge in [0.05, 0.1) is 25.1 Å². The second-order valence-corrected chi connectivity index (χ2v) is 9.12. The SMILES string of the molecule is CC[C@H](C(=O)N[C@@H](C)c1ccc(C)c(C)c1)N(c1cccc(OC)c1)S(C)(=O)=O. The number of sulfonamides is 1. The second kappa shape index (κ2) is 9.31. The van der Waals surface area contributed by atoms with Crippen LogP contribution < -0.4 is 14.4 Å². The molecule has 0 heterocycles. The summed E-state index contributed by atoms with van der Waals surface area (Å²) in [6.45, 7) is 7.75. The Morgan fingerprint density at radius 3 is 2.38 bits per heavy atom. The fraction of sp³-hybridized carbons (Fsp3) is 0.409. The maximum atomic E-state index is 13.1. The average molecular weight is 419 g/mol. The largest absolute Gasteiger partial charge is 0.497 e. The molecule has 0 aliphatic rings. The van der Waals surface area contributed by atoms with E-state index in [1.165, 1.54) is 12.7 Å². The molecule has 0 bridgehead atoms. The van der Waals surface area contributed by atoms with E-state index in [4.69, 9.17) is 4.74 Å². The van der Waals surface area contributed by atoms with E-state index in [1.54, 1.807) is 31.2 Å². The van der Waals surface area contributed by atoms with Crippen LogP contribution in [0.1, 0.15) is 43.0 Å². The molecule has 1 amide bonds. The normalized spacial score (nSPS) is 13.4. The molecule has 0 aliphatic carbocycles. The molecule has 2 aromatic rings. The maximum Gasteiger partial charge on any atom is 0.244 e. The van der Waals surface area contributed by atoms with E-state index >= 15 is 0 Å². The summed E-state index contributed by atoms with van der Waals surface area (Å²) in [5, 5.41) is 2.97. The standard InChI is InChI=1S/C22H30N2O4S/c1-7-21(22(25)23-17(4)18-12-11-15(2)16(3)13-18)24(29(6,26)27)19-9-8-10-20(14-19)28-5/h8-14,17,21H,7H2,1-6H3,(H,23,25)/t17-,21+/m0/s1. The number of aryl methyl sites for hydroxylation is 2. The number of benzene rings is 2. The average Bonchev–Trinajstić information content (AvgIpc) is 2.66. The molecule has 0 saturated heterocycles. The van der Waals surface area contributed by atoms with Crippen LogP contribution >= 0.6 is 0 Å². The number of hydrogen-bond acceptors (Lipinski definition) is 4. The number of anilines is 1. The third-order valence-corrected chi connectivity index (χ3v) is 6.21. The van der Waals surface area contributed by atoms with Gasteiger partial charge in [0, 0.05) is 6.07 Å². The van der Waals surface area contributed by atoms with Gasteiger partial charge in [0.2, 0.25) is 15.9 Å². The van der Waals surface area contributed by atoms with Gasteiger partial charge in [-0.15, -0.1) is 0 Å². The van der Waals surface area contributed by atoms with Crippen molar-refractivity contribution < 1.29 is 17.9 Å². The van der Waals surface area contributed by atoms with E-state index in [1.807, 2.05) is 39.0 Å². The third kappa shape index (κ3) is 5.50. The van der Waals surface area contributed by atoms with Crippen molar-refractivity contribution in [3.8, 4) is 5.75 Å². The van der Waals surface area contributed by atoms with E-state index in [0.29, 0.717) is 17.9 Å². The molecular weight excluding hydrogens is 388 g/mol. The Morgan fingerprint density at radius 2 is 1.83 bits per heavy atom.